The molecule has 0 atom stereocenters. The number of nitrogens with one attached hydrogen (secondary N) is 2. The molecular formula is C16H17FN2O. The lowest BCUT2D eigenvalue weighted by Crippen LogP contribution is -2.10. The van der Waals surface area contributed by atoms with Crippen LogP contribution in [0.2, 0.25) is 0 Å². The van der Waals surface area contributed by atoms with Crippen molar-refractivity contribution in [1.29, 1.82) is 0 Å². The van der Waals surface area contributed by atoms with Crippen LogP contribution in [0.1, 0.15) is 19.8 Å². The van der Waals surface area contributed by atoms with Gasteiger partial charge >= 0.3 is 0 Å². The number of carbonyl (C=O) groups is 1. The van der Waals surface area contributed by atoms with E-state index >= 15 is 0 Å². The fraction of sp³-hybridized carbons (Fsp3) is 0.188. The summed E-state index contributed by atoms with van der Waals surface area (Å²) in [6.07, 6.45) is 1.33. The van der Waals surface area contributed by atoms with Gasteiger partial charge in [-0.15, -0.1) is 0 Å². The van der Waals surface area contributed by atoms with E-state index in [9.17, 15) is 9.18 Å². The second-order valence-electron chi connectivity index (χ2n) is 4.48. The topological polar surface area (TPSA) is 41.1 Å². The highest BCUT2D eigenvalue weighted by molar-refractivity contribution is 5.90. The van der Waals surface area contributed by atoms with Gasteiger partial charge in [-0.25, -0.2) is 4.39 Å². The van der Waals surface area contributed by atoms with Crippen LogP contribution in [-0.2, 0) is 4.79 Å². The van der Waals surface area contributed by atoms with Crippen molar-refractivity contribution in [3.63, 3.8) is 0 Å². The first-order valence-electron chi connectivity index (χ1n) is 6.60. The van der Waals surface area contributed by atoms with Crippen molar-refractivity contribution in [3.05, 3.63) is 54.3 Å². The maximum absolute atomic E-state index is 13.5. The minimum Gasteiger partial charge on any atom is -0.353 e. The zero-order chi connectivity index (χ0) is 14.4. The molecule has 4 heteroatoms. The molecule has 0 spiro atoms. The maximum Gasteiger partial charge on any atom is 0.224 e. The molecule has 0 aliphatic rings. The smallest absolute Gasteiger partial charge is 0.224 e. The number of hydrogen-bond donors (Lipinski definition) is 2. The molecule has 0 aliphatic heterocycles. The lowest BCUT2D eigenvalue weighted by molar-refractivity contribution is -0.116. The van der Waals surface area contributed by atoms with E-state index in [2.05, 4.69) is 10.6 Å². The van der Waals surface area contributed by atoms with Crippen LogP contribution in [0, 0.1) is 5.82 Å². The Hall–Kier alpha value is -2.36. The molecule has 2 rings (SSSR count). The Kier molecular flexibility index (Phi) is 4.71. The fourth-order valence-electron chi connectivity index (χ4n) is 1.81. The van der Waals surface area contributed by atoms with E-state index in [0.29, 0.717) is 12.1 Å². The third-order valence-corrected chi connectivity index (χ3v) is 2.80. The molecule has 0 radical (unpaired) electrons. The molecule has 0 aromatic heterocycles. The number of para-hydroxylation sites is 1. The highest BCUT2D eigenvalue weighted by atomic mass is 19.1. The molecule has 1 amide bonds. The van der Waals surface area contributed by atoms with Gasteiger partial charge in [-0.1, -0.05) is 19.1 Å². The highest BCUT2D eigenvalue weighted by Crippen LogP contribution is 2.21. The van der Waals surface area contributed by atoms with Gasteiger partial charge in [-0.3, -0.25) is 4.79 Å². The van der Waals surface area contributed by atoms with Crippen molar-refractivity contribution in [2.75, 3.05) is 10.6 Å². The van der Waals surface area contributed by atoms with Crippen molar-refractivity contribution < 1.29 is 9.18 Å². The van der Waals surface area contributed by atoms with Crippen molar-refractivity contribution in [2.45, 2.75) is 19.8 Å². The van der Waals surface area contributed by atoms with Crippen LogP contribution in [0.4, 0.5) is 21.5 Å². The standard InChI is InChI=1S/C16H17FN2O/c1-2-5-16(20)19-13-10-8-12(9-11-13)18-15-7-4-3-6-14(15)17/h3-4,6-11,18H,2,5H2,1H3,(H,19,20). The van der Waals surface area contributed by atoms with Crippen LogP contribution >= 0.6 is 0 Å². The number of rotatable bonds is 5. The van der Waals surface area contributed by atoms with Crippen molar-refractivity contribution >= 4 is 23.0 Å². The number of carbonyl (C=O) groups excluding carboxylic acids is 1. The molecule has 0 bridgehead atoms. The summed E-state index contributed by atoms with van der Waals surface area (Å²) in [5.41, 5.74) is 1.93. The Morgan fingerprint density at radius 1 is 1.05 bits per heavy atom. The summed E-state index contributed by atoms with van der Waals surface area (Å²) in [5, 5.41) is 5.79. The number of amides is 1. The molecule has 0 fully saturated rings. The third-order valence-electron chi connectivity index (χ3n) is 2.80. The summed E-state index contributed by atoms with van der Waals surface area (Å²) < 4.78 is 13.5. The van der Waals surface area contributed by atoms with E-state index in [0.717, 1.165) is 17.8 Å². The fourth-order valence-corrected chi connectivity index (χ4v) is 1.81. The molecule has 0 heterocycles. The SMILES string of the molecule is CCCC(=O)Nc1ccc(Nc2ccccc2F)cc1. The Morgan fingerprint density at radius 2 is 1.70 bits per heavy atom. The van der Waals surface area contributed by atoms with Gasteiger partial charge in [0.05, 0.1) is 5.69 Å². The maximum atomic E-state index is 13.5. The summed E-state index contributed by atoms with van der Waals surface area (Å²) in [5.74, 6) is -0.296. The van der Waals surface area contributed by atoms with Crippen LogP contribution in [-0.4, -0.2) is 5.91 Å². The number of halogens is 1. The monoisotopic (exact) mass is 272 g/mol. The van der Waals surface area contributed by atoms with Gasteiger partial charge in [0.15, 0.2) is 0 Å². The lowest BCUT2D eigenvalue weighted by Gasteiger charge is -2.09. The second-order valence-corrected chi connectivity index (χ2v) is 4.48. The Labute approximate surface area is 117 Å². The molecule has 0 saturated heterocycles. The first-order chi connectivity index (χ1) is 9.69. The number of benzene rings is 2. The highest BCUT2D eigenvalue weighted by Gasteiger charge is 2.02. The van der Waals surface area contributed by atoms with E-state index < -0.39 is 0 Å². The molecule has 0 saturated carbocycles. The summed E-state index contributed by atoms with van der Waals surface area (Å²) in [7, 11) is 0. The van der Waals surface area contributed by atoms with Gasteiger partial charge in [-0.05, 0) is 42.8 Å². The molecule has 2 aromatic carbocycles. The van der Waals surface area contributed by atoms with E-state index in [1.54, 1.807) is 42.5 Å². The quantitative estimate of drug-likeness (QED) is 0.851. The first kappa shape index (κ1) is 14.1. The summed E-state index contributed by atoms with van der Waals surface area (Å²) in [6, 6.07) is 13.7. The molecule has 104 valence electrons. The molecule has 0 aliphatic carbocycles. The molecular weight excluding hydrogens is 255 g/mol. The van der Waals surface area contributed by atoms with Gasteiger partial charge in [-0.2, -0.15) is 0 Å². The average molecular weight is 272 g/mol. The zero-order valence-corrected chi connectivity index (χ0v) is 11.3. The Morgan fingerprint density at radius 3 is 2.35 bits per heavy atom. The Balaban J connectivity index is 2.02. The third kappa shape index (κ3) is 3.82. The van der Waals surface area contributed by atoms with Crippen LogP contribution in [0.15, 0.2) is 48.5 Å². The summed E-state index contributed by atoms with van der Waals surface area (Å²) in [6.45, 7) is 1.96. The lowest BCUT2D eigenvalue weighted by atomic mass is 10.2. The predicted molar refractivity (Wildman–Crippen MR) is 79.7 cm³/mol. The van der Waals surface area contributed by atoms with E-state index in [1.807, 2.05) is 6.92 Å². The largest absolute Gasteiger partial charge is 0.353 e. The summed E-state index contributed by atoms with van der Waals surface area (Å²) >= 11 is 0. The molecule has 20 heavy (non-hydrogen) atoms. The predicted octanol–water partition coefficient (Wildman–Crippen LogP) is 4.31. The van der Waals surface area contributed by atoms with E-state index in [4.69, 9.17) is 0 Å². The van der Waals surface area contributed by atoms with Gasteiger partial charge in [0.25, 0.3) is 0 Å². The number of hydrogen-bond acceptors (Lipinski definition) is 2. The van der Waals surface area contributed by atoms with Gasteiger partial charge in [0.2, 0.25) is 5.91 Å². The zero-order valence-electron chi connectivity index (χ0n) is 11.3. The molecule has 0 unspecified atom stereocenters. The summed E-state index contributed by atoms with van der Waals surface area (Å²) in [4.78, 5) is 11.5. The van der Waals surface area contributed by atoms with Crippen molar-refractivity contribution in [2.24, 2.45) is 0 Å². The van der Waals surface area contributed by atoms with Crippen LogP contribution < -0.4 is 10.6 Å². The van der Waals surface area contributed by atoms with E-state index in [1.165, 1.54) is 6.07 Å². The first-order valence-corrected chi connectivity index (χ1v) is 6.60. The van der Waals surface area contributed by atoms with Crippen molar-refractivity contribution in [3.8, 4) is 0 Å². The van der Waals surface area contributed by atoms with Crippen LogP contribution in [0.25, 0.3) is 0 Å². The van der Waals surface area contributed by atoms with Gasteiger partial charge in [0.1, 0.15) is 5.82 Å². The van der Waals surface area contributed by atoms with Crippen LogP contribution in [0.3, 0.4) is 0 Å². The Bertz CT molecular complexity index is 581. The van der Waals surface area contributed by atoms with Crippen LogP contribution in [0.5, 0.6) is 0 Å². The van der Waals surface area contributed by atoms with E-state index in [-0.39, 0.29) is 11.7 Å². The second kappa shape index (κ2) is 6.70. The molecule has 3 nitrogen and oxygen atoms in total. The normalized spacial score (nSPS) is 10.1. The molecule has 2 aromatic rings. The molecule has 2 N–H and O–H groups in total. The minimum atomic E-state index is -0.298. The average Bonchev–Trinajstić information content (AvgIpc) is 2.44. The number of anilines is 3. The van der Waals surface area contributed by atoms with Gasteiger partial charge < -0.3 is 10.6 Å². The van der Waals surface area contributed by atoms with Gasteiger partial charge in [0, 0.05) is 17.8 Å². The minimum absolute atomic E-state index is 0.00214. The van der Waals surface area contributed by atoms with Crippen molar-refractivity contribution in [1.82, 2.24) is 0 Å².